The second-order valence-electron chi connectivity index (χ2n) is 6.37. The van der Waals surface area contributed by atoms with Gasteiger partial charge in [-0.1, -0.05) is 28.4 Å². The van der Waals surface area contributed by atoms with Crippen LogP contribution in [0.25, 0.3) is 0 Å². The van der Waals surface area contributed by atoms with Gasteiger partial charge in [0.1, 0.15) is 11.5 Å². The number of carbonyl (C=O) groups is 1. The Labute approximate surface area is 162 Å². The van der Waals surface area contributed by atoms with Crippen molar-refractivity contribution in [1.29, 1.82) is 0 Å². The minimum absolute atomic E-state index is 0.0343. The Balaban J connectivity index is 1.50. The molecule has 140 valence electrons. The van der Waals surface area contributed by atoms with Gasteiger partial charge in [0.05, 0.1) is 15.7 Å². The van der Waals surface area contributed by atoms with E-state index >= 15 is 0 Å². The van der Waals surface area contributed by atoms with Crippen LogP contribution >= 0.6 is 23.2 Å². The van der Waals surface area contributed by atoms with Crippen LogP contribution in [0.2, 0.25) is 10.0 Å². The molecule has 2 aromatic rings. The van der Waals surface area contributed by atoms with E-state index in [1.54, 1.807) is 25.1 Å². The van der Waals surface area contributed by atoms with Gasteiger partial charge in [-0.15, -0.1) is 0 Å². The zero-order chi connectivity index (χ0) is 18.7. The lowest BCUT2D eigenvalue weighted by molar-refractivity contribution is -0.139. The molecule has 1 aliphatic heterocycles. The summed E-state index contributed by atoms with van der Waals surface area (Å²) in [6, 6.07) is 6.91. The van der Waals surface area contributed by atoms with Crippen molar-refractivity contribution in [3.05, 3.63) is 45.8 Å². The van der Waals surface area contributed by atoms with E-state index < -0.39 is 6.10 Å². The van der Waals surface area contributed by atoms with Crippen molar-refractivity contribution < 1.29 is 14.1 Å². The van der Waals surface area contributed by atoms with Gasteiger partial charge in [-0.3, -0.25) is 9.69 Å². The number of hydrogen-bond acceptors (Lipinski definition) is 5. The Kier molecular flexibility index (Phi) is 6.06. The van der Waals surface area contributed by atoms with Crippen molar-refractivity contribution in [2.75, 3.05) is 26.2 Å². The quantitative estimate of drug-likeness (QED) is 0.773. The molecule has 1 aliphatic rings. The summed E-state index contributed by atoms with van der Waals surface area (Å²) >= 11 is 11.9. The molecule has 1 unspecified atom stereocenters. The molecule has 0 bridgehead atoms. The summed E-state index contributed by atoms with van der Waals surface area (Å²) < 4.78 is 10.8. The van der Waals surface area contributed by atoms with Crippen LogP contribution in [0.15, 0.2) is 28.8 Å². The number of amides is 1. The monoisotopic (exact) mass is 397 g/mol. The number of hydrogen-bond donors (Lipinski definition) is 0. The van der Waals surface area contributed by atoms with Crippen molar-refractivity contribution >= 4 is 29.1 Å². The summed E-state index contributed by atoms with van der Waals surface area (Å²) in [7, 11) is 0. The van der Waals surface area contributed by atoms with Gasteiger partial charge >= 0.3 is 0 Å². The minimum Gasteiger partial charge on any atom is -0.481 e. The fourth-order valence-electron chi connectivity index (χ4n) is 2.91. The fraction of sp³-hybridized carbons (Fsp3) is 0.444. The number of rotatable bonds is 5. The third kappa shape index (κ3) is 4.69. The first kappa shape index (κ1) is 19.0. The number of aromatic nitrogens is 1. The van der Waals surface area contributed by atoms with E-state index in [1.807, 2.05) is 17.9 Å². The molecular formula is C18H21Cl2N3O3. The van der Waals surface area contributed by atoms with E-state index in [2.05, 4.69) is 10.1 Å². The van der Waals surface area contributed by atoms with Gasteiger partial charge in [0.2, 0.25) is 0 Å². The molecule has 1 atom stereocenters. The van der Waals surface area contributed by atoms with Gasteiger partial charge in [-0.25, -0.2) is 0 Å². The van der Waals surface area contributed by atoms with Crippen LogP contribution in [0.1, 0.15) is 18.4 Å². The second kappa shape index (κ2) is 8.29. The van der Waals surface area contributed by atoms with Crippen molar-refractivity contribution in [1.82, 2.24) is 15.0 Å². The summed E-state index contributed by atoms with van der Waals surface area (Å²) in [5, 5.41) is 4.87. The molecule has 1 aromatic carbocycles. The topological polar surface area (TPSA) is 58.8 Å². The number of carbonyl (C=O) groups excluding carboxylic acids is 1. The average Bonchev–Trinajstić information content (AvgIpc) is 3.03. The summed E-state index contributed by atoms with van der Waals surface area (Å²) in [5.41, 5.74) is 0.915. The number of aryl methyl sites for hydroxylation is 1. The minimum atomic E-state index is -0.586. The van der Waals surface area contributed by atoms with Crippen LogP contribution < -0.4 is 4.74 Å². The van der Waals surface area contributed by atoms with E-state index in [0.29, 0.717) is 28.9 Å². The van der Waals surface area contributed by atoms with E-state index in [1.165, 1.54) is 0 Å². The fourth-order valence-corrected chi connectivity index (χ4v) is 3.20. The number of benzene rings is 1. The van der Waals surface area contributed by atoms with Crippen LogP contribution in [-0.4, -0.2) is 53.1 Å². The Morgan fingerprint density at radius 3 is 2.58 bits per heavy atom. The first-order valence-electron chi connectivity index (χ1n) is 8.47. The lowest BCUT2D eigenvalue weighted by atomic mass is 10.2. The highest BCUT2D eigenvalue weighted by Crippen LogP contribution is 2.27. The van der Waals surface area contributed by atoms with Crippen LogP contribution in [0.4, 0.5) is 0 Å². The zero-order valence-corrected chi connectivity index (χ0v) is 16.3. The smallest absolute Gasteiger partial charge is 0.263 e. The largest absolute Gasteiger partial charge is 0.481 e. The van der Waals surface area contributed by atoms with Gasteiger partial charge in [0.25, 0.3) is 5.91 Å². The molecule has 0 N–H and O–H groups in total. The molecule has 8 heteroatoms. The number of piperazine rings is 1. The molecule has 26 heavy (non-hydrogen) atoms. The van der Waals surface area contributed by atoms with E-state index in [-0.39, 0.29) is 5.91 Å². The zero-order valence-electron chi connectivity index (χ0n) is 14.7. The van der Waals surface area contributed by atoms with Gasteiger partial charge in [-0.05, 0) is 26.0 Å². The molecule has 1 saturated heterocycles. The van der Waals surface area contributed by atoms with E-state index in [9.17, 15) is 4.79 Å². The molecule has 6 nitrogen and oxygen atoms in total. The summed E-state index contributed by atoms with van der Waals surface area (Å²) in [6.07, 6.45) is -0.586. The third-order valence-electron chi connectivity index (χ3n) is 4.30. The molecule has 0 aliphatic carbocycles. The Bertz CT molecular complexity index is 773. The highest BCUT2D eigenvalue weighted by atomic mass is 35.5. The summed E-state index contributed by atoms with van der Waals surface area (Å²) in [5.74, 6) is 1.30. The molecule has 0 spiro atoms. The van der Waals surface area contributed by atoms with Crippen molar-refractivity contribution in [3.8, 4) is 5.75 Å². The van der Waals surface area contributed by atoms with Crippen molar-refractivity contribution in [2.24, 2.45) is 0 Å². The molecule has 0 saturated carbocycles. The number of nitrogens with zero attached hydrogens (tertiary/aromatic N) is 3. The Morgan fingerprint density at radius 1 is 1.23 bits per heavy atom. The Morgan fingerprint density at radius 2 is 1.96 bits per heavy atom. The molecule has 1 aromatic heterocycles. The number of ether oxygens (including phenoxy) is 1. The lowest BCUT2D eigenvalue weighted by Crippen LogP contribution is -2.51. The molecule has 2 heterocycles. The van der Waals surface area contributed by atoms with E-state index in [4.69, 9.17) is 32.5 Å². The average molecular weight is 398 g/mol. The van der Waals surface area contributed by atoms with Crippen LogP contribution in [0.5, 0.6) is 5.75 Å². The summed E-state index contributed by atoms with van der Waals surface area (Å²) in [6.45, 7) is 7.25. The first-order chi connectivity index (χ1) is 12.4. The van der Waals surface area contributed by atoms with Crippen molar-refractivity contribution in [3.63, 3.8) is 0 Å². The lowest BCUT2D eigenvalue weighted by Gasteiger charge is -2.35. The molecular weight excluding hydrogens is 377 g/mol. The van der Waals surface area contributed by atoms with Crippen LogP contribution in [0.3, 0.4) is 0 Å². The van der Waals surface area contributed by atoms with Crippen LogP contribution in [-0.2, 0) is 11.3 Å². The highest BCUT2D eigenvalue weighted by Gasteiger charge is 2.26. The number of halogens is 2. The van der Waals surface area contributed by atoms with Crippen LogP contribution in [0, 0.1) is 6.92 Å². The van der Waals surface area contributed by atoms with E-state index in [0.717, 1.165) is 31.1 Å². The van der Waals surface area contributed by atoms with Gasteiger partial charge in [0.15, 0.2) is 6.10 Å². The first-order valence-corrected chi connectivity index (χ1v) is 9.23. The second-order valence-corrected chi connectivity index (χ2v) is 7.18. The standard InChI is InChI=1S/C18H21Cl2N3O3/c1-12-9-14(21-26-12)11-22-5-7-23(8-6-22)18(24)13(2)25-15-3-4-16(19)17(20)10-15/h3-4,9-10,13H,5-8,11H2,1-2H3. The highest BCUT2D eigenvalue weighted by molar-refractivity contribution is 6.42. The van der Waals surface area contributed by atoms with Gasteiger partial charge in [-0.2, -0.15) is 0 Å². The summed E-state index contributed by atoms with van der Waals surface area (Å²) in [4.78, 5) is 16.7. The maximum absolute atomic E-state index is 12.6. The third-order valence-corrected chi connectivity index (χ3v) is 5.04. The molecule has 1 amide bonds. The molecule has 3 rings (SSSR count). The predicted octanol–water partition coefficient (Wildman–Crippen LogP) is 3.40. The van der Waals surface area contributed by atoms with Gasteiger partial charge < -0.3 is 14.2 Å². The normalized spacial score (nSPS) is 16.5. The maximum Gasteiger partial charge on any atom is 0.263 e. The Hall–Kier alpha value is -1.76. The van der Waals surface area contributed by atoms with Crippen molar-refractivity contribution in [2.45, 2.75) is 26.5 Å². The SMILES string of the molecule is Cc1cc(CN2CCN(C(=O)C(C)Oc3ccc(Cl)c(Cl)c3)CC2)no1. The molecule has 1 fully saturated rings. The predicted molar refractivity (Wildman–Crippen MR) is 99.6 cm³/mol. The molecule has 0 radical (unpaired) electrons. The maximum atomic E-state index is 12.6. The van der Waals surface area contributed by atoms with Gasteiger partial charge in [0, 0.05) is 44.9 Å².